The van der Waals surface area contributed by atoms with Gasteiger partial charge in [0.15, 0.2) is 6.10 Å². The Kier molecular flexibility index (Phi) is 2.06. The normalized spacial score (nSPS) is 42.3. The first kappa shape index (κ1) is 9.00. The van der Waals surface area contributed by atoms with Crippen LogP contribution < -0.4 is 0 Å². The zero-order chi connectivity index (χ0) is 9.47. The third-order valence-corrected chi connectivity index (χ3v) is 3.26. The van der Waals surface area contributed by atoms with Crippen molar-refractivity contribution in [2.24, 2.45) is 5.92 Å². The first-order valence-electron chi connectivity index (χ1n) is 5.05. The van der Waals surface area contributed by atoms with Crippen molar-refractivity contribution >= 4 is 5.97 Å². The molecule has 0 N–H and O–H groups in total. The number of carbonyl (C=O) groups is 1. The Morgan fingerprint density at radius 1 is 1.69 bits per heavy atom. The fraction of sp³-hybridized carbons (Fsp3) is 0.900. The number of esters is 1. The molecule has 0 aromatic carbocycles. The predicted molar refractivity (Wildman–Crippen MR) is 47.3 cm³/mol. The Labute approximate surface area is 78.4 Å². The van der Waals surface area contributed by atoms with E-state index >= 15 is 0 Å². The van der Waals surface area contributed by atoms with Crippen LogP contribution in [0.15, 0.2) is 0 Å². The van der Waals surface area contributed by atoms with E-state index in [1.807, 2.05) is 6.92 Å². The lowest BCUT2D eigenvalue weighted by Gasteiger charge is -2.08. The Morgan fingerprint density at radius 2 is 2.46 bits per heavy atom. The molecule has 1 saturated carbocycles. The maximum atomic E-state index is 11.4. The molecule has 0 radical (unpaired) electrons. The Morgan fingerprint density at radius 3 is 3.00 bits per heavy atom. The molecular weight excluding hydrogens is 168 g/mol. The van der Waals surface area contributed by atoms with Crippen LogP contribution in [0.25, 0.3) is 0 Å². The molecule has 1 aliphatic heterocycles. The lowest BCUT2D eigenvalue weighted by molar-refractivity contribution is -0.144. The fourth-order valence-electron chi connectivity index (χ4n) is 2.39. The summed E-state index contributed by atoms with van der Waals surface area (Å²) in [6.45, 7) is 4.43. The van der Waals surface area contributed by atoms with Crippen molar-refractivity contribution in [3.63, 3.8) is 0 Å². The van der Waals surface area contributed by atoms with E-state index in [1.165, 1.54) is 12.8 Å². The predicted octanol–water partition coefficient (Wildman–Crippen LogP) is 1.51. The molecule has 0 aromatic heterocycles. The van der Waals surface area contributed by atoms with Gasteiger partial charge in [-0.15, -0.1) is 0 Å². The van der Waals surface area contributed by atoms with Crippen molar-refractivity contribution < 1.29 is 14.3 Å². The number of ether oxygens (including phenoxy) is 2. The highest BCUT2D eigenvalue weighted by Crippen LogP contribution is 2.53. The molecule has 13 heavy (non-hydrogen) atoms. The molecule has 74 valence electrons. The van der Waals surface area contributed by atoms with Gasteiger partial charge in [0.1, 0.15) is 5.60 Å². The highest BCUT2D eigenvalue weighted by atomic mass is 16.7. The van der Waals surface area contributed by atoms with Crippen molar-refractivity contribution in [2.75, 3.05) is 6.61 Å². The second-order valence-electron chi connectivity index (χ2n) is 4.00. The molecule has 1 aliphatic carbocycles. The topological polar surface area (TPSA) is 38.8 Å². The average Bonchev–Trinajstić information content (AvgIpc) is 2.70. The second kappa shape index (κ2) is 2.98. The molecule has 0 bridgehead atoms. The van der Waals surface area contributed by atoms with Crippen LogP contribution >= 0.6 is 0 Å². The number of hydrogen-bond donors (Lipinski definition) is 0. The monoisotopic (exact) mass is 184 g/mol. The van der Waals surface area contributed by atoms with Crippen LogP contribution in [0.5, 0.6) is 0 Å². The molecule has 1 heterocycles. The molecule has 1 saturated heterocycles. The molecule has 2 rings (SSSR count). The lowest BCUT2D eigenvalue weighted by atomic mass is 9.94. The summed E-state index contributed by atoms with van der Waals surface area (Å²) < 4.78 is 10.5. The van der Waals surface area contributed by atoms with Crippen LogP contribution in [0.1, 0.15) is 33.1 Å². The van der Waals surface area contributed by atoms with Crippen LogP contribution in [0.4, 0.5) is 0 Å². The minimum absolute atomic E-state index is 0.133. The van der Waals surface area contributed by atoms with E-state index in [2.05, 4.69) is 6.92 Å². The van der Waals surface area contributed by atoms with E-state index in [1.54, 1.807) is 0 Å². The van der Waals surface area contributed by atoms with Crippen molar-refractivity contribution in [1.29, 1.82) is 0 Å². The van der Waals surface area contributed by atoms with Gasteiger partial charge in [0.2, 0.25) is 0 Å². The van der Waals surface area contributed by atoms with E-state index in [0.29, 0.717) is 12.5 Å². The van der Waals surface area contributed by atoms with Gasteiger partial charge in [0, 0.05) is 0 Å². The molecule has 0 aromatic rings. The summed E-state index contributed by atoms with van der Waals surface area (Å²) in [7, 11) is 0. The van der Waals surface area contributed by atoms with Crippen molar-refractivity contribution in [1.82, 2.24) is 0 Å². The quantitative estimate of drug-likeness (QED) is 0.482. The summed E-state index contributed by atoms with van der Waals surface area (Å²) in [5.41, 5.74) is -0.133. The first-order chi connectivity index (χ1) is 6.20. The molecule has 2 aliphatic rings. The third kappa shape index (κ3) is 1.26. The van der Waals surface area contributed by atoms with Gasteiger partial charge >= 0.3 is 5.97 Å². The summed E-state index contributed by atoms with van der Waals surface area (Å²) in [6.07, 6.45) is 3.12. The average molecular weight is 184 g/mol. The largest absolute Gasteiger partial charge is 0.464 e. The standard InChI is InChI=1S/C10H16O3/c1-3-12-9(11)8-10(13-8)6-4-5-7(10)2/h7-8H,3-6H2,1-2H3. The lowest BCUT2D eigenvalue weighted by Crippen LogP contribution is -2.24. The van der Waals surface area contributed by atoms with E-state index in [-0.39, 0.29) is 17.7 Å². The maximum absolute atomic E-state index is 11.4. The second-order valence-corrected chi connectivity index (χ2v) is 4.00. The van der Waals surface area contributed by atoms with E-state index in [4.69, 9.17) is 9.47 Å². The summed E-state index contributed by atoms with van der Waals surface area (Å²) >= 11 is 0. The van der Waals surface area contributed by atoms with Gasteiger partial charge < -0.3 is 9.47 Å². The van der Waals surface area contributed by atoms with Crippen molar-refractivity contribution in [3.8, 4) is 0 Å². The summed E-state index contributed by atoms with van der Waals surface area (Å²) in [4.78, 5) is 11.4. The van der Waals surface area contributed by atoms with Gasteiger partial charge in [-0.05, 0) is 25.7 Å². The number of hydrogen-bond acceptors (Lipinski definition) is 3. The molecule has 2 fully saturated rings. The highest BCUT2D eigenvalue weighted by molar-refractivity contribution is 5.79. The van der Waals surface area contributed by atoms with Gasteiger partial charge in [0.25, 0.3) is 0 Å². The smallest absolute Gasteiger partial charge is 0.338 e. The molecule has 3 heteroatoms. The van der Waals surface area contributed by atoms with Crippen molar-refractivity contribution in [3.05, 3.63) is 0 Å². The molecule has 0 amide bonds. The SMILES string of the molecule is CCOC(=O)C1OC12CCCC2C. The van der Waals surface area contributed by atoms with E-state index in [9.17, 15) is 4.79 Å². The Balaban J connectivity index is 1.96. The fourth-order valence-corrected chi connectivity index (χ4v) is 2.39. The van der Waals surface area contributed by atoms with Gasteiger partial charge in [-0.25, -0.2) is 4.79 Å². The van der Waals surface area contributed by atoms with Crippen LogP contribution in [0.2, 0.25) is 0 Å². The minimum Gasteiger partial charge on any atom is -0.464 e. The minimum atomic E-state index is -0.259. The zero-order valence-electron chi connectivity index (χ0n) is 8.21. The highest BCUT2D eigenvalue weighted by Gasteiger charge is 2.65. The van der Waals surface area contributed by atoms with Crippen LogP contribution in [0.3, 0.4) is 0 Å². The molecule has 3 unspecified atom stereocenters. The van der Waals surface area contributed by atoms with E-state index < -0.39 is 0 Å². The maximum Gasteiger partial charge on any atom is 0.338 e. The molecular formula is C10H16O3. The molecule has 3 atom stereocenters. The van der Waals surface area contributed by atoms with Gasteiger partial charge in [-0.1, -0.05) is 13.3 Å². The van der Waals surface area contributed by atoms with E-state index in [0.717, 1.165) is 6.42 Å². The van der Waals surface area contributed by atoms with Crippen molar-refractivity contribution in [2.45, 2.75) is 44.8 Å². The van der Waals surface area contributed by atoms with Gasteiger partial charge in [-0.2, -0.15) is 0 Å². The summed E-state index contributed by atoms with van der Waals surface area (Å²) in [6, 6.07) is 0. The van der Waals surface area contributed by atoms with Crippen LogP contribution in [-0.4, -0.2) is 24.3 Å². The third-order valence-electron chi connectivity index (χ3n) is 3.26. The van der Waals surface area contributed by atoms with Crippen LogP contribution in [-0.2, 0) is 14.3 Å². The number of rotatable bonds is 2. The summed E-state index contributed by atoms with van der Waals surface area (Å²) in [5, 5.41) is 0. The van der Waals surface area contributed by atoms with Crippen LogP contribution in [0, 0.1) is 5.92 Å². The van der Waals surface area contributed by atoms with Gasteiger partial charge in [0.05, 0.1) is 6.61 Å². The number of epoxide rings is 1. The Bertz CT molecular complexity index is 226. The summed E-state index contributed by atoms with van der Waals surface area (Å²) in [5.74, 6) is 0.346. The first-order valence-corrected chi connectivity index (χ1v) is 5.05. The number of carbonyl (C=O) groups excluding carboxylic acids is 1. The molecule has 1 spiro atoms. The molecule has 3 nitrogen and oxygen atoms in total. The Hall–Kier alpha value is -0.570. The zero-order valence-corrected chi connectivity index (χ0v) is 8.21. The van der Waals surface area contributed by atoms with Gasteiger partial charge in [-0.3, -0.25) is 0 Å².